The molecule has 0 aliphatic rings. The van der Waals surface area contributed by atoms with Crippen LogP contribution in [0.5, 0.6) is 0 Å². The first-order valence-electron chi connectivity index (χ1n) is 5.46. The van der Waals surface area contributed by atoms with Crippen LogP contribution in [0.1, 0.15) is 15.9 Å². The standard InChI is InChI=1S/C13H11Br2N3O/c1-7-2-3-9(5-11(7)15)18-13(19)10-4-8(14)6-17-12(10)16/h2-6H,1H3,(H2,16,17)(H,18,19). The van der Waals surface area contributed by atoms with Crippen molar-refractivity contribution in [1.82, 2.24) is 4.98 Å². The first kappa shape index (κ1) is 14.0. The smallest absolute Gasteiger partial charge is 0.259 e. The van der Waals surface area contributed by atoms with Gasteiger partial charge in [-0.25, -0.2) is 4.98 Å². The molecule has 2 aromatic rings. The van der Waals surface area contributed by atoms with Crippen molar-refractivity contribution in [2.45, 2.75) is 6.92 Å². The molecule has 1 heterocycles. The van der Waals surface area contributed by atoms with Crippen LogP contribution in [-0.4, -0.2) is 10.9 Å². The van der Waals surface area contributed by atoms with E-state index >= 15 is 0 Å². The van der Waals surface area contributed by atoms with Gasteiger partial charge in [0, 0.05) is 20.8 Å². The molecule has 19 heavy (non-hydrogen) atoms. The van der Waals surface area contributed by atoms with Gasteiger partial charge in [0.15, 0.2) is 0 Å². The van der Waals surface area contributed by atoms with E-state index in [1.807, 2.05) is 25.1 Å². The lowest BCUT2D eigenvalue weighted by Gasteiger charge is -2.08. The molecule has 1 aromatic heterocycles. The van der Waals surface area contributed by atoms with Gasteiger partial charge in [-0.1, -0.05) is 22.0 Å². The van der Waals surface area contributed by atoms with Crippen molar-refractivity contribution in [3.8, 4) is 0 Å². The second-order valence-electron chi connectivity index (χ2n) is 4.00. The Balaban J connectivity index is 2.25. The fourth-order valence-corrected chi connectivity index (χ4v) is 2.21. The van der Waals surface area contributed by atoms with Crippen LogP contribution in [-0.2, 0) is 0 Å². The topological polar surface area (TPSA) is 68.0 Å². The van der Waals surface area contributed by atoms with Gasteiger partial charge in [0.25, 0.3) is 5.91 Å². The molecule has 0 bridgehead atoms. The second-order valence-corrected chi connectivity index (χ2v) is 5.77. The Morgan fingerprint density at radius 2 is 2.05 bits per heavy atom. The molecule has 0 radical (unpaired) electrons. The van der Waals surface area contributed by atoms with Gasteiger partial charge in [-0.15, -0.1) is 0 Å². The molecule has 3 N–H and O–H groups in total. The summed E-state index contributed by atoms with van der Waals surface area (Å²) in [7, 11) is 0. The highest BCUT2D eigenvalue weighted by atomic mass is 79.9. The number of nitrogens with two attached hydrogens (primary N) is 1. The molecule has 0 saturated heterocycles. The number of benzene rings is 1. The number of hydrogen-bond acceptors (Lipinski definition) is 3. The Hall–Kier alpha value is -1.40. The molecule has 98 valence electrons. The zero-order chi connectivity index (χ0) is 14.0. The van der Waals surface area contributed by atoms with Gasteiger partial charge < -0.3 is 11.1 Å². The maximum absolute atomic E-state index is 12.1. The van der Waals surface area contributed by atoms with E-state index in [1.54, 1.807) is 12.3 Å². The lowest BCUT2D eigenvalue weighted by Crippen LogP contribution is -2.15. The number of aryl methyl sites for hydroxylation is 1. The van der Waals surface area contributed by atoms with Crippen molar-refractivity contribution >= 4 is 49.3 Å². The summed E-state index contributed by atoms with van der Waals surface area (Å²) in [5.41, 5.74) is 7.83. The predicted octanol–water partition coefficient (Wildman–Crippen LogP) is 3.75. The van der Waals surface area contributed by atoms with Gasteiger partial charge in [-0.05, 0) is 46.6 Å². The Bertz CT molecular complexity index is 644. The maximum Gasteiger partial charge on any atom is 0.259 e. The van der Waals surface area contributed by atoms with Crippen LogP contribution >= 0.6 is 31.9 Å². The number of anilines is 2. The van der Waals surface area contributed by atoms with Crippen molar-refractivity contribution in [3.05, 3.63) is 50.5 Å². The zero-order valence-electron chi connectivity index (χ0n) is 10.1. The maximum atomic E-state index is 12.1. The normalized spacial score (nSPS) is 10.3. The third-order valence-electron chi connectivity index (χ3n) is 2.56. The number of nitrogens with zero attached hydrogens (tertiary/aromatic N) is 1. The summed E-state index contributed by atoms with van der Waals surface area (Å²) in [6.45, 7) is 1.98. The molecule has 1 aromatic carbocycles. The van der Waals surface area contributed by atoms with E-state index < -0.39 is 0 Å². The van der Waals surface area contributed by atoms with Crippen LogP contribution in [0, 0.1) is 6.92 Å². The van der Waals surface area contributed by atoms with E-state index in [1.165, 1.54) is 0 Å². The number of amides is 1. The molecule has 2 rings (SSSR count). The highest BCUT2D eigenvalue weighted by Crippen LogP contribution is 2.22. The van der Waals surface area contributed by atoms with E-state index in [-0.39, 0.29) is 11.7 Å². The summed E-state index contributed by atoms with van der Waals surface area (Å²) in [5, 5.41) is 2.78. The minimum atomic E-state index is -0.290. The quantitative estimate of drug-likeness (QED) is 0.828. The van der Waals surface area contributed by atoms with E-state index in [2.05, 4.69) is 42.2 Å². The number of aromatic nitrogens is 1. The highest BCUT2D eigenvalue weighted by molar-refractivity contribution is 9.10. The van der Waals surface area contributed by atoms with Gasteiger partial charge in [0.1, 0.15) is 5.82 Å². The van der Waals surface area contributed by atoms with Crippen LogP contribution < -0.4 is 11.1 Å². The number of nitrogens with one attached hydrogen (secondary N) is 1. The number of carbonyl (C=O) groups is 1. The Morgan fingerprint density at radius 3 is 2.74 bits per heavy atom. The van der Waals surface area contributed by atoms with Crippen LogP contribution in [0.15, 0.2) is 39.4 Å². The first-order valence-corrected chi connectivity index (χ1v) is 7.04. The summed E-state index contributed by atoms with van der Waals surface area (Å²) in [6.07, 6.45) is 1.55. The summed E-state index contributed by atoms with van der Waals surface area (Å²) in [6, 6.07) is 7.23. The van der Waals surface area contributed by atoms with Crippen LogP contribution in [0.3, 0.4) is 0 Å². The molecule has 0 unspecified atom stereocenters. The summed E-state index contributed by atoms with van der Waals surface area (Å²) in [4.78, 5) is 16.0. The number of hydrogen-bond donors (Lipinski definition) is 2. The van der Waals surface area contributed by atoms with E-state index in [0.717, 1.165) is 10.0 Å². The predicted molar refractivity (Wildman–Crippen MR) is 83.2 cm³/mol. The number of pyridine rings is 1. The zero-order valence-corrected chi connectivity index (χ0v) is 13.2. The Kier molecular flexibility index (Phi) is 4.21. The van der Waals surface area contributed by atoms with Crippen LogP contribution in [0.25, 0.3) is 0 Å². The molecule has 0 aliphatic carbocycles. The summed E-state index contributed by atoms with van der Waals surface area (Å²) >= 11 is 6.69. The van der Waals surface area contributed by atoms with Gasteiger partial charge in [-0.3, -0.25) is 4.79 Å². The summed E-state index contributed by atoms with van der Waals surface area (Å²) in [5.74, 6) is -0.0890. The molecule has 0 atom stereocenters. The van der Waals surface area contributed by atoms with Crippen LogP contribution in [0.4, 0.5) is 11.5 Å². The second kappa shape index (κ2) is 5.71. The largest absolute Gasteiger partial charge is 0.383 e. The minimum Gasteiger partial charge on any atom is -0.383 e. The van der Waals surface area contributed by atoms with Gasteiger partial charge >= 0.3 is 0 Å². The monoisotopic (exact) mass is 383 g/mol. The SMILES string of the molecule is Cc1ccc(NC(=O)c2cc(Br)cnc2N)cc1Br. The fraction of sp³-hybridized carbons (Fsp3) is 0.0769. The molecule has 0 fully saturated rings. The number of carbonyl (C=O) groups excluding carboxylic acids is 1. The molecular formula is C13H11Br2N3O. The lowest BCUT2D eigenvalue weighted by atomic mass is 10.2. The molecule has 0 aliphatic heterocycles. The van der Waals surface area contributed by atoms with Crippen molar-refractivity contribution in [2.75, 3.05) is 11.1 Å². The molecule has 0 saturated carbocycles. The van der Waals surface area contributed by atoms with Crippen molar-refractivity contribution in [2.24, 2.45) is 0 Å². The minimum absolute atomic E-state index is 0.201. The Morgan fingerprint density at radius 1 is 1.32 bits per heavy atom. The highest BCUT2D eigenvalue weighted by Gasteiger charge is 2.12. The van der Waals surface area contributed by atoms with Gasteiger partial charge in [-0.2, -0.15) is 0 Å². The average Bonchev–Trinajstić information content (AvgIpc) is 2.36. The first-order chi connectivity index (χ1) is 8.97. The molecular weight excluding hydrogens is 374 g/mol. The molecule has 0 spiro atoms. The third-order valence-corrected chi connectivity index (χ3v) is 3.85. The van der Waals surface area contributed by atoms with Crippen LogP contribution in [0.2, 0.25) is 0 Å². The molecule has 6 heteroatoms. The average molecular weight is 385 g/mol. The molecule has 4 nitrogen and oxygen atoms in total. The van der Waals surface area contributed by atoms with Crippen molar-refractivity contribution in [3.63, 3.8) is 0 Å². The Labute approximate surface area is 127 Å². The van der Waals surface area contributed by atoms with E-state index in [0.29, 0.717) is 15.7 Å². The number of halogens is 2. The summed E-state index contributed by atoms with van der Waals surface area (Å²) < 4.78 is 1.64. The van der Waals surface area contributed by atoms with Gasteiger partial charge in [0.2, 0.25) is 0 Å². The third kappa shape index (κ3) is 3.33. The van der Waals surface area contributed by atoms with E-state index in [4.69, 9.17) is 5.73 Å². The fourth-order valence-electron chi connectivity index (χ4n) is 1.50. The number of rotatable bonds is 2. The number of nitrogen functional groups attached to an aromatic ring is 1. The lowest BCUT2D eigenvalue weighted by molar-refractivity contribution is 0.102. The molecule has 1 amide bonds. The van der Waals surface area contributed by atoms with Gasteiger partial charge in [0.05, 0.1) is 5.56 Å². The van der Waals surface area contributed by atoms with Crippen molar-refractivity contribution in [1.29, 1.82) is 0 Å². The van der Waals surface area contributed by atoms with Crippen molar-refractivity contribution < 1.29 is 4.79 Å². The van der Waals surface area contributed by atoms with E-state index in [9.17, 15) is 4.79 Å².